The Morgan fingerprint density at radius 3 is 2.72 bits per heavy atom. The van der Waals surface area contributed by atoms with Crippen molar-refractivity contribution in [1.29, 1.82) is 0 Å². The highest BCUT2D eigenvalue weighted by molar-refractivity contribution is 5.89. The quantitative estimate of drug-likeness (QED) is 0.644. The summed E-state index contributed by atoms with van der Waals surface area (Å²) >= 11 is 0. The molecule has 0 atom stereocenters. The van der Waals surface area contributed by atoms with Crippen LogP contribution in [0.4, 0.5) is 10.1 Å². The standard InChI is InChI=1S/C9H5FN4O4/c10-6-2-7(13-4-11-3-12-13)8(14(17)18)1-5(6)9(15)16/h1-4H,(H,15,16). The molecule has 0 bridgehead atoms. The maximum atomic E-state index is 13.5. The predicted molar refractivity (Wildman–Crippen MR) is 54.9 cm³/mol. The van der Waals surface area contributed by atoms with Gasteiger partial charge in [-0.25, -0.2) is 18.9 Å². The SMILES string of the molecule is O=C(O)c1cc([N+](=O)[O-])c(-n2cncn2)cc1F. The van der Waals surface area contributed by atoms with E-state index in [4.69, 9.17) is 5.11 Å². The molecule has 2 rings (SSSR count). The van der Waals surface area contributed by atoms with E-state index in [1.54, 1.807) is 0 Å². The number of carbonyl (C=O) groups is 1. The van der Waals surface area contributed by atoms with Crippen LogP contribution < -0.4 is 0 Å². The van der Waals surface area contributed by atoms with E-state index in [1.165, 1.54) is 0 Å². The lowest BCUT2D eigenvalue weighted by molar-refractivity contribution is -0.384. The van der Waals surface area contributed by atoms with Gasteiger partial charge in [-0.1, -0.05) is 0 Å². The van der Waals surface area contributed by atoms with E-state index in [0.29, 0.717) is 6.07 Å². The molecule has 0 fully saturated rings. The van der Waals surface area contributed by atoms with Crippen LogP contribution in [0.3, 0.4) is 0 Å². The average molecular weight is 252 g/mol. The second kappa shape index (κ2) is 4.20. The number of carboxylic acids is 1. The van der Waals surface area contributed by atoms with Gasteiger partial charge < -0.3 is 5.11 Å². The molecule has 0 aliphatic heterocycles. The fourth-order valence-electron chi connectivity index (χ4n) is 1.38. The molecule has 0 saturated heterocycles. The molecule has 0 aliphatic carbocycles. The first-order chi connectivity index (χ1) is 8.50. The highest BCUT2D eigenvalue weighted by Gasteiger charge is 2.23. The summed E-state index contributed by atoms with van der Waals surface area (Å²) < 4.78 is 14.5. The van der Waals surface area contributed by atoms with Crippen molar-refractivity contribution in [3.8, 4) is 5.69 Å². The molecule has 2 aromatic rings. The Hall–Kier alpha value is -2.84. The Bertz CT molecular complexity index is 626. The monoisotopic (exact) mass is 252 g/mol. The Morgan fingerprint density at radius 1 is 1.50 bits per heavy atom. The molecule has 18 heavy (non-hydrogen) atoms. The van der Waals surface area contributed by atoms with Gasteiger partial charge in [0, 0.05) is 12.1 Å². The van der Waals surface area contributed by atoms with Crippen LogP contribution in [0.2, 0.25) is 0 Å². The van der Waals surface area contributed by atoms with E-state index in [0.717, 1.165) is 23.4 Å². The van der Waals surface area contributed by atoms with Crippen molar-refractivity contribution in [3.63, 3.8) is 0 Å². The third-order valence-corrected chi connectivity index (χ3v) is 2.16. The number of carboxylic acid groups (broad SMARTS) is 1. The number of nitrogens with zero attached hydrogens (tertiary/aromatic N) is 4. The Morgan fingerprint density at radius 2 is 2.22 bits per heavy atom. The number of nitro groups is 1. The second-order valence-electron chi connectivity index (χ2n) is 3.22. The number of halogens is 1. The van der Waals surface area contributed by atoms with Crippen LogP contribution in [-0.4, -0.2) is 30.8 Å². The summed E-state index contributed by atoms with van der Waals surface area (Å²) in [6.45, 7) is 0. The lowest BCUT2D eigenvalue weighted by Crippen LogP contribution is -2.07. The van der Waals surface area contributed by atoms with Crippen LogP contribution in [0.25, 0.3) is 5.69 Å². The van der Waals surface area contributed by atoms with Gasteiger partial charge in [-0.2, -0.15) is 5.10 Å². The largest absolute Gasteiger partial charge is 0.478 e. The van der Waals surface area contributed by atoms with E-state index >= 15 is 0 Å². The third-order valence-electron chi connectivity index (χ3n) is 2.16. The maximum Gasteiger partial charge on any atom is 0.338 e. The number of rotatable bonds is 3. The fraction of sp³-hybridized carbons (Fsp3) is 0. The number of benzene rings is 1. The predicted octanol–water partition coefficient (Wildman–Crippen LogP) is 1.01. The first-order valence-corrected chi connectivity index (χ1v) is 4.57. The summed E-state index contributed by atoms with van der Waals surface area (Å²) in [6.07, 6.45) is 2.26. The number of hydrogen-bond acceptors (Lipinski definition) is 5. The van der Waals surface area contributed by atoms with E-state index in [9.17, 15) is 19.3 Å². The van der Waals surface area contributed by atoms with Crippen molar-refractivity contribution in [2.75, 3.05) is 0 Å². The topological polar surface area (TPSA) is 111 Å². The fourth-order valence-corrected chi connectivity index (χ4v) is 1.38. The maximum absolute atomic E-state index is 13.5. The number of aromatic carboxylic acids is 1. The lowest BCUT2D eigenvalue weighted by atomic mass is 10.1. The molecular weight excluding hydrogens is 247 g/mol. The van der Waals surface area contributed by atoms with Gasteiger partial charge in [0.1, 0.15) is 29.7 Å². The first-order valence-electron chi connectivity index (χ1n) is 4.57. The van der Waals surface area contributed by atoms with Gasteiger partial charge in [-0.15, -0.1) is 0 Å². The summed E-state index contributed by atoms with van der Waals surface area (Å²) in [4.78, 5) is 24.3. The van der Waals surface area contributed by atoms with Crippen molar-refractivity contribution in [3.05, 3.63) is 46.3 Å². The van der Waals surface area contributed by atoms with E-state index < -0.39 is 28.0 Å². The average Bonchev–Trinajstić information content (AvgIpc) is 2.80. The van der Waals surface area contributed by atoms with Crippen LogP contribution in [0.15, 0.2) is 24.8 Å². The first kappa shape index (κ1) is 11.6. The minimum absolute atomic E-state index is 0.194. The van der Waals surface area contributed by atoms with Crippen molar-refractivity contribution < 1.29 is 19.2 Å². The van der Waals surface area contributed by atoms with Gasteiger partial charge >= 0.3 is 5.97 Å². The Labute approximate surface area is 98.5 Å². The molecule has 0 amide bonds. The zero-order valence-corrected chi connectivity index (χ0v) is 8.65. The Kier molecular flexibility index (Phi) is 2.72. The van der Waals surface area contributed by atoms with E-state index in [1.807, 2.05) is 0 Å². The second-order valence-corrected chi connectivity index (χ2v) is 3.22. The minimum Gasteiger partial charge on any atom is -0.478 e. The van der Waals surface area contributed by atoms with Crippen molar-refractivity contribution in [1.82, 2.24) is 14.8 Å². The van der Waals surface area contributed by atoms with Crippen LogP contribution in [0, 0.1) is 15.9 Å². The third kappa shape index (κ3) is 1.88. The Balaban J connectivity index is 2.70. The molecule has 8 nitrogen and oxygen atoms in total. The zero-order chi connectivity index (χ0) is 13.3. The van der Waals surface area contributed by atoms with E-state index in [-0.39, 0.29) is 5.69 Å². The zero-order valence-electron chi connectivity index (χ0n) is 8.65. The van der Waals surface area contributed by atoms with Crippen LogP contribution >= 0.6 is 0 Å². The molecule has 0 spiro atoms. The summed E-state index contributed by atoms with van der Waals surface area (Å²) in [5.41, 5.74) is -1.54. The molecular formula is C9H5FN4O4. The molecule has 92 valence electrons. The highest BCUT2D eigenvalue weighted by atomic mass is 19.1. The van der Waals surface area contributed by atoms with Gasteiger partial charge in [0.15, 0.2) is 0 Å². The summed E-state index contributed by atoms with van der Waals surface area (Å²) in [5, 5.41) is 23.2. The van der Waals surface area contributed by atoms with Gasteiger partial charge in [0.05, 0.1) is 4.92 Å². The van der Waals surface area contributed by atoms with Crippen LogP contribution in [0.5, 0.6) is 0 Å². The highest BCUT2D eigenvalue weighted by Crippen LogP contribution is 2.25. The van der Waals surface area contributed by atoms with Gasteiger partial charge in [0.25, 0.3) is 5.69 Å². The molecule has 0 radical (unpaired) electrons. The molecule has 1 N–H and O–H groups in total. The van der Waals surface area contributed by atoms with Crippen molar-refractivity contribution in [2.45, 2.75) is 0 Å². The molecule has 1 aromatic carbocycles. The number of hydrogen-bond donors (Lipinski definition) is 1. The van der Waals surface area contributed by atoms with E-state index in [2.05, 4.69) is 10.1 Å². The van der Waals surface area contributed by atoms with Crippen LogP contribution in [0.1, 0.15) is 10.4 Å². The summed E-state index contributed by atoms with van der Waals surface area (Å²) in [6, 6.07) is 1.38. The summed E-state index contributed by atoms with van der Waals surface area (Å²) in [7, 11) is 0. The minimum atomic E-state index is -1.58. The number of nitro benzene ring substituents is 1. The molecule has 0 aliphatic rings. The number of aromatic nitrogens is 3. The van der Waals surface area contributed by atoms with Crippen LogP contribution in [-0.2, 0) is 0 Å². The molecule has 1 heterocycles. The smallest absolute Gasteiger partial charge is 0.338 e. The molecule has 0 unspecified atom stereocenters. The van der Waals surface area contributed by atoms with Crippen molar-refractivity contribution in [2.24, 2.45) is 0 Å². The molecule has 0 saturated carbocycles. The lowest BCUT2D eigenvalue weighted by Gasteiger charge is -2.04. The van der Waals surface area contributed by atoms with Gasteiger partial charge in [-0.05, 0) is 0 Å². The molecule has 9 heteroatoms. The van der Waals surface area contributed by atoms with Gasteiger partial charge in [-0.3, -0.25) is 10.1 Å². The molecule has 1 aromatic heterocycles. The normalized spacial score (nSPS) is 10.3. The van der Waals surface area contributed by atoms with Crippen molar-refractivity contribution >= 4 is 11.7 Å². The summed E-state index contributed by atoms with van der Waals surface area (Å²) in [5.74, 6) is -2.67. The van der Waals surface area contributed by atoms with Gasteiger partial charge in [0.2, 0.25) is 0 Å².